The Morgan fingerprint density at radius 2 is 1.35 bits per heavy atom. The molecule has 0 bridgehead atoms. The van der Waals surface area contributed by atoms with E-state index >= 15 is 0 Å². The van der Waals surface area contributed by atoms with E-state index in [-0.39, 0.29) is 24.5 Å². The lowest BCUT2D eigenvalue weighted by Gasteiger charge is -2.43. The van der Waals surface area contributed by atoms with Crippen LogP contribution in [0, 0.1) is 0 Å². The fourth-order valence-corrected chi connectivity index (χ4v) is 11.0. The van der Waals surface area contributed by atoms with E-state index in [0.717, 1.165) is 0 Å². The normalized spacial score (nSPS) is 23.5. The van der Waals surface area contributed by atoms with Gasteiger partial charge in [-0.2, -0.15) is 0 Å². The SMILES string of the molecule is CC(C)[Si](OC[C@H]1OC(C)(C)O[C@@H]1CN1C(=O)c2ccccc2C1=O)(C(C)C)C(C)C. The molecule has 2 atom stereocenters. The van der Waals surface area contributed by atoms with Crippen molar-refractivity contribution in [3.8, 4) is 0 Å². The van der Waals surface area contributed by atoms with Crippen LogP contribution < -0.4 is 0 Å². The van der Waals surface area contributed by atoms with Gasteiger partial charge in [-0.3, -0.25) is 14.5 Å². The molecule has 7 heteroatoms. The summed E-state index contributed by atoms with van der Waals surface area (Å²) >= 11 is 0. The number of amides is 2. The lowest BCUT2D eigenvalue weighted by atomic mass is 10.1. The zero-order valence-electron chi connectivity index (χ0n) is 20.1. The van der Waals surface area contributed by atoms with Crippen LogP contribution in [0.4, 0.5) is 0 Å². The standard InChI is InChI=1S/C24H37NO5Si/c1-15(2)31(16(3)4,17(5)6)28-14-21-20(29-24(7,8)30-21)13-25-22(26)18-11-9-10-12-19(18)23(25)27/h9-12,15-17,20-21H,13-14H2,1-8H3/t20-,21-/m1/s1. The van der Waals surface area contributed by atoms with Gasteiger partial charge in [0.25, 0.3) is 11.8 Å². The van der Waals surface area contributed by atoms with E-state index in [0.29, 0.717) is 34.4 Å². The fourth-order valence-electron chi connectivity index (χ4n) is 5.52. The van der Waals surface area contributed by atoms with Crippen molar-refractivity contribution >= 4 is 20.1 Å². The molecule has 3 rings (SSSR count). The maximum absolute atomic E-state index is 12.8. The Labute approximate surface area is 187 Å². The summed E-state index contributed by atoms with van der Waals surface area (Å²) in [7, 11) is -2.08. The molecular formula is C24H37NO5Si. The quantitative estimate of drug-likeness (QED) is 0.415. The number of rotatable bonds is 8. The largest absolute Gasteiger partial charge is 0.413 e. The molecule has 0 N–H and O–H groups in total. The van der Waals surface area contributed by atoms with Crippen molar-refractivity contribution in [3.63, 3.8) is 0 Å². The average molecular weight is 448 g/mol. The van der Waals surface area contributed by atoms with Crippen LogP contribution in [0.3, 0.4) is 0 Å². The summed E-state index contributed by atoms with van der Waals surface area (Å²) in [6.07, 6.45) is -0.780. The lowest BCUT2D eigenvalue weighted by Crippen LogP contribution is -2.50. The Balaban J connectivity index is 1.78. The first-order chi connectivity index (χ1) is 14.4. The van der Waals surface area contributed by atoms with E-state index in [4.69, 9.17) is 13.9 Å². The molecule has 1 saturated heterocycles. The molecule has 0 aromatic heterocycles. The Hall–Kier alpha value is -1.54. The third-order valence-electron chi connectivity index (χ3n) is 6.73. The minimum absolute atomic E-state index is 0.156. The Morgan fingerprint density at radius 3 is 1.81 bits per heavy atom. The third-order valence-corrected chi connectivity index (χ3v) is 12.8. The summed E-state index contributed by atoms with van der Waals surface area (Å²) in [4.78, 5) is 26.9. The third kappa shape index (κ3) is 4.38. The average Bonchev–Trinajstić information content (AvgIpc) is 3.09. The number of imide groups is 1. The number of hydrogen-bond acceptors (Lipinski definition) is 5. The molecule has 172 valence electrons. The van der Waals surface area contributed by atoms with Gasteiger partial charge in [-0.05, 0) is 42.6 Å². The van der Waals surface area contributed by atoms with E-state index < -0.39 is 20.2 Å². The van der Waals surface area contributed by atoms with Crippen molar-refractivity contribution in [2.45, 2.75) is 90.0 Å². The number of carbonyl (C=O) groups is 2. The molecule has 6 nitrogen and oxygen atoms in total. The van der Waals surface area contributed by atoms with Gasteiger partial charge in [-0.15, -0.1) is 0 Å². The predicted molar refractivity (Wildman–Crippen MR) is 123 cm³/mol. The number of benzene rings is 1. The van der Waals surface area contributed by atoms with Gasteiger partial charge in [0.05, 0.1) is 24.3 Å². The first-order valence-electron chi connectivity index (χ1n) is 11.4. The van der Waals surface area contributed by atoms with Gasteiger partial charge in [-0.1, -0.05) is 53.7 Å². The molecule has 1 fully saturated rings. The summed E-state index contributed by atoms with van der Waals surface area (Å²) in [5, 5.41) is 0. The Morgan fingerprint density at radius 1 is 0.903 bits per heavy atom. The Bertz CT molecular complexity index is 778. The summed E-state index contributed by atoms with van der Waals surface area (Å²) < 4.78 is 19.1. The van der Waals surface area contributed by atoms with Crippen LogP contribution in [0.15, 0.2) is 24.3 Å². The first-order valence-corrected chi connectivity index (χ1v) is 13.5. The van der Waals surface area contributed by atoms with Crippen molar-refractivity contribution in [3.05, 3.63) is 35.4 Å². The first kappa shape index (κ1) is 24.1. The number of fused-ring (bicyclic) bond motifs is 1. The molecule has 0 unspecified atom stereocenters. The second-order valence-electron chi connectivity index (χ2n) is 10.1. The highest BCUT2D eigenvalue weighted by Crippen LogP contribution is 2.43. The van der Waals surface area contributed by atoms with Crippen LogP contribution in [-0.4, -0.2) is 56.2 Å². The molecule has 31 heavy (non-hydrogen) atoms. The maximum Gasteiger partial charge on any atom is 0.261 e. The topological polar surface area (TPSA) is 65.1 Å². The van der Waals surface area contributed by atoms with Gasteiger partial charge in [-0.25, -0.2) is 0 Å². The van der Waals surface area contributed by atoms with Crippen molar-refractivity contribution in [1.82, 2.24) is 4.90 Å². The molecule has 1 aromatic rings. The van der Waals surface area contributed by atoms with Crippen LogP contribution in [0.5, 0.6) is 0 Å². The van der Waals surface area contributed by atoms with Crippen LogP contribution in [-0.2, 0) is 13.9 Å². The van der Waals surface area contributed by atoms with Crippen LogP contribution >= 0.6 is 0 Å². The molecule has 0 radical (unpaired) electrons. The highest BCUT2D eigenvalue weighted by atomic mass is 28.4. The minimum Gasteiger partial charge on any atom is -0.413 e. The molecular weight excluding hydrogens is 410 g/mol. The summed E-state index contributed by atoms with van der Waals surface area (Å²) in [6.45, 7) is 17.8. The fraction of sp³-hybridized carbons (Fsp3) is 0.667. The molecule has 2 aliphatic rings. The van der Waals surface area contributed by atoms with Gasteiger partial charge in [0.1, 0.15) is 12.2 Å². The lowest BCUT2D eigenvalue weighted by molar-refractivity contribution is -0.149. The van der Waals surface area contributed by atoms with Crippen LogP contribution in [0.25, 0.3) is 0 Å². The highest BCUT2D eigenvalue weighted by Gasteiger charge is 2.49. The van der Waals surface area contributed by atoms with Crippen molar-refractivity contribution < 1.29 is 23.5 Å². The van der Waals surface area contributed by atoms with Crippen molar-refractivity contribution in [2.75, 3.05) is 13.2 Å². The van der Waals surface area contributed by atoms with Gasteiger partial charge in [0.2, 0.25) is 0 Å². The van der Waals surface area contributed by atoms with Gasteiger partial charge in [0, 0.05) is 0 Å². The van der Waals surface area contributed by atoms with Gasteiger partial charge >= 0.3 is 0 Å². The molecule has 0 aliphatic carbocycles. The van der Waals surface area contributed by atoms with E-state index in [9.17, 15) is 9.59 Å². The molecule has 2 heterocycles. The van der Waals surface area contributed by atoms with Gasteiger partial charge in [0.15, 0.2) is 14.1 Å². The van der Waals surface area contributed by atoms with E-state index in [1.807, 2.05) is 13.8 Å². The Kier molecular flexibility index (Phi) is 6.82. The zero-order chi connectivity index (χ0) is 23.1. The van der Waals surface area contributed by atoms with Crippen LogP contribution in [0.2, 0.25) is 16.6 Å². The molecule has 0 saturated carbocycles. The number of ether oxygens (including phenoxy) is 2. The van der Waals surface area contributed by atoms with Crippen molar-refractivity contribution in [1.29, 1.82) is 0 Å². The summed E-state index contributed by atoms with van der Waals surface area (Å²) in [6, 6.07) is 6.94. The monoisotopic (exact) mass is 447 g/mol. The maximum atomic E-state index is 12.8. The molecule has 0 spiro atoms. The smallest absolute Gasteiger partial charge is 0.261 e. The molecule has 2 aliphatic heterocycles. The number of nitrogens with zero attached hydrogens (tertiary/aromatic N) is 1. The molecule has 2 amide bonds. The summed E-state index contributed by atoms with van der Waals surface area (Å²) in [5.74, 6) is -1.35. The van der Waals surface area contributed by atoms with Crippen LogP contribution in [0.1, 0.15) is 76.1 Å². The van der Waals surface area contributed by atoms with E-state index in [1.54, 1.807) is 24.3 Å². The van der Waals surface area contributed by atoms with E-state index in [2.05, 4.69) is 41.5 Å². The summed E-state index contributed by atoms with van der Waals surface area (Å²) in [5.41, 5.74) is 2.27. The second kappa shape index (κ2) is 8.77. The predicted octanol–water partition coefficient (Wildman–Crippen LogP) is 4.99. The second-order valence-corrected chi connectivity index (χ2v) is 15.6. The number of hydrogen-bond donors (Lipinski definition) is 0. The molecule has 1 aromatic carbocycles. The van der Waals surface area contributed by atoms with Crippen molar-refractivity contribution in [2.24, 2.45) is 0 Å². The minimum atomic E-state index is -2.08. The van der Waals surface area contributed by atoms with Gasteiger partial charge < -0.3 is 13.9 Å². The number of carbonyl (C=O) groups excluding carboxylic acids is 2. The van der Waals surface area contributed by atoms with E-state index in [1.165, 1.54) is 4.90 Å². The highest BCUT2D eigenvalue weighted by molar-refractivity contribution is 6.77. The zero-order valence-corrected chi connectivity index (χ0v) is 21.1.